The molecular formula is C18H31N5O9S. The van der Waals surface area contributed by atoms with Gasteiger partial charge in [-0.15, -0.1) is 0 Å². The Kier molecular flexibility index (Phi) is 14.4. The summed E-state index contributed by atoms with van der Waals surface area (Å²) in [7, 11) is 0. The smallest absolute Gasteiger partial charge is 0.326 e. The fraction of sp³-hybridized carbons (Fsp3) is 0.667. The predicted molar refractivity (Wildman–Crippen MR) is 117 cm³/mol. The molecule has 15 heteroatoms. The van der Waals surface area contributed by atoms with E-state index in [1.165, 1.54) is 0 Å². The van der Waals surface area contributed by atoms with Gasteiger partial charge in [-0.2, -0.15) is 12.6 Å². The lowest BCUT2D eigenvalue weighted by Crippen LogP contribution is -2.57. The van der Waals surface area contributed by atoms with E-state index in [-0.39, 0.29) is 18.6 Å². The standard InChI is InChI=1S/C18H31N5O9S/c19-6-2-1-3-9(20)15(28)21-10(4-5-13(24)25)16(29)23-12(8-33)17(30)22-11(18(31)32)7-14(26)27/h9-12,33H,1-8,19-20H2,(H,21,28)(H,22,30)(H,23,29)(H,24,25)(H,26,27)(H,31,32). The Balaban J connectivity index is 5.25. The van der Waals surface area contributed by atoms with Crippen LogP contribution in [-0.2, 0) is 28.8 Å². The highest BCUT2D eigenvalue weighted by Crippen LogP contribution is 2.04. The summed E-state index contributed by atoms with van der Waals surface area (Å²) in [6.45, 7) is 0.417. The molecule has 0 aromatic carbocycles. The van der Waals surface area contributed by atoms with Gasteiger partial charge in [-0.1, -0.05) is 6.42 Å². The number of nitrogens with two attached hydrogens (primary N) is 2. The topological polar surface area (TPSA) is 251 Å². The van der Waals surface area contributed by atoms with Crippen molar-refractivity contribution < 1.29 is 44.1 Å². The maximum atomic E-state index is 12.6. The average molecular weight is 494 g/mol. The first kappa shape index (κ1) is 30.1. The third-order valence-corrected chi connectivity index (χ3v) is 4.76. The highest BCUT2D eigenvalue weighted by atomic mass is 32.1. The zero-order valence-electron chi connectivity index (χ0n) is 17.9. The molecule has 0 spiro atoms. The van der Waals surface area contributed by atoms with Crippen molar-refractivity contribution in [2.45, 2.75) is 62.7 Å². The van der Waals surface area contributed by atoms with Gasteiger partial charge in [0.1, 0.15) is 18.1 Å². The quantitative estimate of drug-likeness (QED) is 0.0741. The van der Waals surface area contributed by atoms with E-state index in [1.807, 2.05) is 5.32 Å². The van der Waals surface area contributed by atoms with Gasteiger partial charge in [-0.05, 0) is 25.8 Å². The lowest BCUT2D eigenvalue weighted by atomic mass is 10.1. The van der Waals surface area contributed by atoms with Crippen molar-refractivity contribution in [3.63, 3.8) is 0 Å². The zero-order chi connectivity index (χ0) is 25.6. The van der Waals surface area contributed by atoms with Crippen LogP contribution in [0.1, 0.15) is 38.5 Å². The molecule has 33 heavy (non-hydrogen) atoms. The van der Waals surface area contributed by atoms with Crippen LogP contribution in [0.3, 0.4) is 0 Å². The third kappa shape index (κ3) is 12.6. The Bertz CT molecular complexity index is 721. The van der Waals surface area contributed by atoms with Crippen molar-refractivity contribution in [3.8, 4) is 0 Å². The summed E-state index contributed by atoms with van der Waals surface area (Å²) in [5, 5.41) is 33.3. The van der Waals surface area contributed by atoms with Gasteiger partial charge in [-0.25, -0.2) is 4.79 Å². The molecule has 10 N–H and O–H groups in total. The second-order valence-electron chi connectivity index (χ2n) is 7.13. The second kappa shape index (κ2) is 15.8. The number of aliphatic carboxylic acids is 3. The van der Waals surface area contributed by atoms with E-state index >= 15 is 0 Å². The summed E-state index contributed by atoms with van der Waals surface area (Å²) in [5.41, 5.74) is 11.2. The van der Waals surface area contributed by atoms with Crippen molar-refractivity contribution in [3.05, 3.63) is 0 Å². The number of thiol groups is 1. The molecule has 0 radical (unpaired) electrons. The molecule has 0 aromatic heterocycles. The molecule has 0 rings (SSSR count). The molecule has 0 aliphatic carbocycles. The van der Waals surface area contributed by atoms with Crippen molar-refractivity contribution >= 4 is 48.3 Å². The van der Waals surface area contributed by atoms with Crippen molar-refractivity contribution in [2.75, 3.05) is 12.3 Å². The third-order valence-electron chi connectivity index (χ3n) is 4.39. The van der Waals surface area contributed by atoms with Crippen LogP contribution in [0, 0.1) is 0 Å². The van der Waals surface area contributed by atoms with Gasteiger partial charge in [0.25, 0.3) is 0 Å². The summed E-state index contributed by atoms with van der Waals surface area (Å²) < 4.78 is 0. The van der Waals surface area contributed by atoms with Crippen LogP contribution in [-0.4, -0.2) is 87.4 Å². The Morgan fingerprint density at radius 3 is 1.79 bits per heavy atom. The van der Waals surface area contributed by atoms with Crippen LogP contribution in [0.25, 0.3) is 0 Å². The Morgan fingerprint density at radius 1 is 0.758 bits per heavy atom. The Labute approximate surface area is 195 Å². The van der Waals surface area contributed by atoms with E-state index in [9.17, 15) is 28.8 Å². The molecule has 0 heterocycles. The molecule has 0 aliphatic rings. The van der Waals surface area contributed by atoms with Crippen LogP contribution in [0.15, 0.2) is 0 Å². The van der Waals surface area contributed by atoms with Crippen molar-refractivity contribution in [1.82, 2.24) is 16.0 Å². The van der Waals surface area contributed by atoms with Crippen LogP contribution < -0.4 is 27.4 Å². The van der Waals surface area contributed by atoms with E-state index < -0.39 is 72.6 Å². The summed E-state index contributed by atoms with van der Waals surface area (Å²) in [5.74, 6) is -7.21. The molecule has 188 valence electrons. The van der Waals surface area contributed by atoms with Gasteiger partial charge in [0.15, 0.2) is 0 Å². The predicted octanol–water partition coefficient (Wildman–Crippen LogP) is -2.75. The van der Waals surface area contributed by atoms with E-state index in [0.29, 0.717) is 19.4 Å². The molecule has 3 amide bonds. The fourth-order valence-electron chi connectivity index (χ4n) is 2.57. The first-order chi connectivity index (χ1) is 15.4. The summed E-state index contributed by atoms with van der Waals surface area (Å²) in [4.78, 5) is 70.1. The van der Waals surface area contributed by atoms with Gasteiger partial charge in [0.05, 0.1) is 12.5 Å². The number of carboxylic acids is 3. The molecular weight excluding hydrogens is 462 g/mol. The monoisotopic (exact) mass is 493 g/mol. The van der Waals surface area contributed by atoms with Crippen LogP contribution in [0.2, 0.25) is 0 Å². The lowest BCUT2D eigenvalue weighted by molar-refractivity contribution is -0.147. The molecule has 4 unspecified atom stereocenters. The number of hydrogen-bond donors (Lipinski definition) is 9. The van der Waals surface area contributed by atoms with Crippen LogP contribution in [0.5, 0.6) is 0 Å². The molecule has 0 saturated carbocycles. The molecule has 0 saturated heterocycles. The number of carbonyl (C=O) groups excluding carboxylic acids is 3. The van der Waals surface area contributed by atoms with Gasteiger partial charge >= 0.3 is 17.9 Å². The van der Waals surface area contributed by atoms with Crippen molar-refractivity contribution in [1.29, 1.82) is 0 Å². The van der Waals surface area contributed by atoms with Crippen LogP contribution in [0.4, 0.5) is 0 Å². The van der Waals surface area contributed by atoms with E-state index in [0.717, 1.165) is 0 Å². The van der Waals surface area contributed by atoms with Crippen LogP contribution >= 0.6 is 12.6 Å². The van der Waals surface area contributed by atoms with E-state index in [4.69, 9.17) is 26.8 Å². The van der Waals surface area contributed by atoms with Gasteiger partial charge in [0, 0.05) is 12.2 Å². The molecule has 14 nitrogen and oxygen atoms in total. The number of nitrogens with one attached hydrogen (secondary N) is 3. The molecule has 0 aliphatic heterocycles. The number of carboxylic acid groups (broad SMARTS) is 3. The Hall–Kier alpha value is -2.91. The maximum absolute atomic E-state index is 12.6. The van der Waals surface area contributed by atoms with Gasteiger partial charge in [0.2, 0.25) is 17.7 Å². The zero-order valence-corrected chi connectivity index (χ0v) is 18.8. The number of rotatable bonds is 17. The number of hydrogen-bond acceptors (Lipinski definition) is 9. The maximum Gasteiger partial charge on any atom is 0.326 e. The first-order valence-electron chi connectivity index (χ1n) is 10.1. The SMILES string of the molecule is NCCCCC(N)C(=O)NC(CCC(=O)O)C(=O)NC(CS)C(=O)NC(CC(=O)O)C(=O)O. The van der Waals surface area contributed by atoms with Gasteiger partial charge in [-0.3, -0.25) is 24.0 Å². The number of unbranched alkanes of at least 4 members (excludes halogenated alkanes) is 1. The fourth-order valence-corrected chi connectivity index (χ4v) is 2.83. The second-order valence-corrected chi connectivity index (χ2v) is 7.49. The molecule has 0 fully saturated rings. The summed E-state index contributed by atoms with van der Waals surface area (Å²) in [6.07, 6.45) is -0.175. The molecule has 0 aromatic rings. The summed E-state index contributed by atoms with van der Waals surface area (Å²) in [6, 6.07) is -5.45. The minimum absolute atomic E-state index is 0.290. The minimum atomic E-state index is -1.75. The molecule has 4 atom stereocenters. The minimum Gasteiger partial charge on any atom is -0.481 e. The molecule has 0 bridgehead atoms. The highest BCUT2D eigenvalue weighted by molar-refractivity contribution is 7.80. The van der Waals surface area contributed by atoms with E-state index in [2.05, 4.69) is 23.3 Å². The number of carbonyl (C=O) groups is 6. The largest absolute Gasteiger partial charge is 0.481 e. The summed E-state index contributed by atoms with van der Waals surface area (Å²) >= 11 is 3.93. The van der Waals surface area contributed by atoms with Gasteiger partial charge < -0.3 is 42.7 Å². The highest BCUT2D eigenvalue weighted by Gasteiger charge is 2.30. The number of amides is 3. The first-order valence-corrected chi connectivity index (χ1v) is 10.7. The van der Waals surface area contributed by atoms with Crippen molar-refractivity contribution in [2.24, 2.45) is 11.5 Å². The Morgan fingerprint density at radius 2 is 1.30 bits per heavy atom. The normalized spacial score (nSPS) is 14.3. The van der Waals surface area contributed by atoms with E-state index in [1.54, 1.807) is 0 Å². The average Bonchev–Trinajstić information content (AvgIpc) is 2.73. The lowest BCUT2D eigenvalue weighted by Gasteiger charge is -2.24.